The highest BCUT2D eigenvalue weighted by atomic mass is 16.5. The quantitative estimate of drug-likeness (QED) is 0.563. The lowest BCUT2D eigenvalue weighted by molar-refractivity contribution is 0.112. The van der Waals surface area contributed by atoms with Gasteiger partial charge in [-0.2, -0.15) is 0 Å². The fourth-order valence-corrected chi connectivity index (χ4v) is 2.74. The SMILES string of the molecule is CC1CCCCN1CCCCOc1ccc(C=O)cc1. The van der Waals surface area contributed by atoms with E-state index >= 15 is 0 Å². The summed E-state index contributed by atoms with van der Waals surface area (Å²) in [5, 5.41) is 0. The van der Waals surface area contributed by atoms with Crippen molar-refractivity contribution in [2.24, 2.45) is 0 Å². The third kappa shape index (κ3) is 4.64. The molecule has 110 valence electrons. The maximum Gasteiger partial charge on any atom is 0.150 e. The summed E-state index contributed by atoms with van der Waals surface area (Å²) in [5.74, 6) is 0.849. The van der Waals surface area contributed by atoms with Crippen molar-refractivity contribution in [3.05, 3.63) is 29.8 Å². The predicted octanol–water partition coefficient (Wildman–Crippen LogP) is 3.53. The van der Waals surface area contributed by atoms with Crippen LogP contribution in [0.2, 0.25) is 0 Å². The molecule has 1 aromatic rings. The van der Waals surface area contributed by atoms with Crippen LogP contribution in [0, 0.1) is 0 Å². The van der Waals surface area contributed by atoms with Gasteiger partial charge in [-0.15, -0.1) is 0 Å². The molecule has 0 radical (unpaired) electrons. The van der Waals surface area contributed by atoms with Crippen LogP contribution in [0.4, 0.5) is 0 Å². The maximum atomic E-state index is 10.5. The van der Waals surface area contributed by atoms with Crippen molar-refractivity contribution >= 4 is 6.29 Å². The van der Waals surface area contributed by atoms with Crippen LogP contribution in [0.5, 0.6) is 5.75 Å². The van der Waals surface area contributed by atoms with Gasteiger partial charge in [0.25, 0.3) is 0 Å². The standard InChI is InChI=1S/C17H25NO2/c1-15-6-2-3-11-18(15)12-4-5-13-20-17-9-7-16(14-19)8-10-17/h7-10,14-15H,2-6,11-13H2,1H3. The first-order valence-corrected chi connectivity index (χ1v) is 7.71. The topological polar surface area (TPSA) is 29.5 Å². The molecule has 1 aliphatic rings. The molecule has 0 aliphatic carbocycles. The molecule has 0 bridgehead atoms. The molecular formula is C17H25NO2. The summed E-state index contributed by atoms with van der Waals surface area (Å²) in [6, 6.07) is 8.04. The van der Waals surface area contributed by atoms with Crippen LogP contribution >= 0.6 is 0 Å². The molecule has 0 amide bonds. The van der Waals surface area contributed by atoms with Crippen LogP contribution in [0.1, 0.15) is 49.4 Å². The maximum absolute atomic E-state index is 10.5. The predicted molar refractivity (Wildman–Crippen MR) is 81.4 cm³/mol. The molecule has 20 heavy (non-hydrogen) atoms. The summed E-state index contributed by atoms with van der Waals surface area (Å²) in [5.41, 5.74) is 0.691. The third-order valence-corrected chi connectivity index (χ3v) is 4.07. The molecule has 0 aromatic heterocycles. The highest BCUT2D eigenvalue weighted by Gasteiger charge is 2.16. The van der Waals surface area contributed by atoms with E-state index < -0.39 is 0 Å². The van der Waals surface area contributed by atoms with E-state index in [0.717, 1.165) is 31.1 Å². The number of hydrogen-bond acceptors (Lipinski definition) is 3. The minimum atomic E-state index is 0.691. The Morgan fingerprint density at radius 1 is 1.25 bits per heavy atom. The lowest BCUT2D eigenvalue weighted by Gasteiger charge is -2.33. The number of unbranched alkanes of at least 4 members (excludes halogenated alkanes) is 1. The second kappa shape index (κ2) is 8.05. The number of aldehydes is 1. The van der Waals surface area contributed by atoms with Crippen molar-refractivity contribution in [3.8, 4) is 5.75 Å². The Morgan fingerprint density at radius 2 is 2.05 bits per heavy atom. The average molecular weight is 275 g/mol. The second-order valence-corrected chi connectivity index (χ2v) is 5.62. The van der Waals surface area contributed by atoms with Crippen molar-refractivity contribution in [1.82, 2.24) is 4.90 Å². The van der Waals surface area contributed by atoms with Gasteiger partial charge in [0.05, 0.1) is 6.61 Å². The summed E-state index contributed by atoms with van der Waals surface area (Å²) in [6.07, 6.45) is 7.21. The van der Waals surface area contributed by atoms with Crippen LogP contribution < -0.4 is 4.74 Å². The molecule has 1 aromatic carbocycles. The minimum Gasteiger partial charge on any atom is -0.494 e. The van der Waals surface area contributed by atoms with Crippen molar-refractivity contribution in [1.29, 1.82) is 0 Å². The lowest BCUT2D eigenvalue weighted by Crippen LogP contribution is -2.38. The largest absolute Gasteiger partial charge is 0.494 e. The first-order chi connectivity index (χ1) is 9.79. The molecule has 0 N–H and O–H groups in total. The number of carbonyl (C=O) groups excluding carboxylic acids is 1. The first-order valence-electron chi connectivity index (χ1n) is 7.71. The third-order valence-electron chi connectivity index (χ3n) is 4.07. The van der Waals surface area contributed by atoms with Crippen LogP contribution in [0.25, 0.3) is 0 Å². The van der Waals surface area contributed by atoms with Gasteiger partial charge in [-0.25, -0.2) is 0 Å². The zero-order valence-electron chi connectivity index (χ0n) is 12.4. The van der Waals surface area contributed by atoms with Crippen molar-refractivity contribution in [3.63, 3.8) is 0 Å². The van der Waals surface area contributed by atoms with Gasteiger partial charge >= 0.3 is 0 Å². The number of likely N-dealkylation sites (tertiary alicyclic amines) is 1. The monoisotopic (exact) mass is 275 g/mol. The first kappa shape index (κ1) is 15.0. The van der Waals surface area contributed by atoms with Crippen molar-refractivity contribution < 1.29 is 9.53 Å². The van der Waals surface area contributed by atoms with Crippen LogP contribution in [-0.2, 0) is 0 Å². The van der Waals surface area contributed by atoms with Gasteiger partial charge < -0.3 is 9.64 Å². The number of nitrogens with zero attached hydrogens (tertiary/aromatic N) is 1. The van der Waals surface area contributed by atoms with Gasteiger partial charge in [-0.3, -0.25) is 4.79 Å². The Balaban J connectivity index is 1.60. The number of rotatable bonds is 7. The number of piperidine rings is 1. The van der Waals surface area contributed by atoms with Gasteiger partial charge in [-0.05, 0) is 70.0 Å². The second-order valence-electron chi connectivity index (χ2n) is 5.62. The van der Waals surface area contributed by atoms with E-state index in [0.29, 0.717) is 5.56 Å². The molecule has 2 rings (SSSR count). The van der Waals surface area contributed by atoms with E-state index in [2.05, 4.69) is 11.8 Å². The van der Waals surface area contributed by atoms with E-state index in [9.17, 15) is 4.79 Å². The Bertz CT molecular complexity index is 402. The Morgan fingerprint density at radius 3 is 2.75 bits per heavy atom. The fraction of sp³-hybridized carbons (Fsp3) is 0.588. The van der Waals surface area contributed by atoms with E-state index in [4.69, 9.17) is 4.74 Å². The highest BCUT2D eigenvalue weighted by Crippen LogP contribution is 2.17. The normalized spacial score (nSPS) is 19.8. The number of carbonyl (C=O) groups is 1. The Labute approximate surface area is 121 Å². The summed E-state index contributed by atoms with van der Waals surface area (Å²) < 4.78 is 5.69. The molecule has 1 fully saturated rings. The van der Waals surface area contributed by atoms with Gasteiger partial charge in [-0.1, -0.05) is 6.42 Å². The van der Waals surface area contributed by atoms with E-state index in [1.807, 2.05) is 12.1 Å². The number of hydrogen-bond donors (Lipinski definition) is 0. The van der Waals surface area contributed by atoms with Crippen LogP contribution in [0.3, 0.4) is 0 Å². The zero-order valence-corrected chi connectivity index (χ0v) is 12.4. The molecular weight excluding hydrogens is 250 g/mol. The lowest BCUT2D eigenvalue weighted by atomic mass is 10.0. The summed E-state index contributed by atoms with van der Waals surface area (Å²) in [4.78, 5) is 13.1. The Kier molecular flexibility index (Phi) is 6.06. The van der Waals surface area contributed by atoms with E-state index in [-0.39, 0.29) is 0 Å². The molecule has 1 aliphatic heterocycles. The average Bonchev–Trinajstić information content (AvgIpc) is 2.49. The molecule has 3 heteroatoms. The smallest absolute Gasteiger partial charge is 0.150 e. The van der Waals surface area contributed by atoms with E-state index in [1.54, 1.807) is 12.1 Å². The summed E-state index contributed by atoms with van der Waals surface area (Å²) >= 11 is 0. The highest BCUT2D eigenvalue weighted by molar-refractivity contribution is 5.74. The van der Waals surface area contributed by atoms with Crippen molar-refractivity contribution in [2.75, 3.05) is 19.7 Å². The fourth-order valence-electron chi connectivity index (χ4n) is 2.74. The summed E-state index contributed by atoms with van der Waals surface area (Å²) in [7, 11) is 0. The molecule has 1 unspecified atom stereocenters. The molecule has 1 atom stereocenters. The van der Waals surface area contributed by atoms with Gasteiger partial charge in [0.2, 0.25) is 0 Å². The zero-order chi connectivity index (χ0) is 14.2. The van der Waals surface area contributed by atoms with Crippen LogP contribution in [0.15, 0.2) is 24.3 Å². The van der Waals surface area contributed by atoms with Gasteiger partial charge in [0, 0.05) is 11.6 Å². The molecule has 1 saturated heterocycles. The summed E-state index contributed by atoms with van der Waals surface area (Å²) in [6.45, 7) is 5.54. The molecule has 0 spiro atoms. The molecule has 0 saturated carbocycles. The number of benzene rings is 1. The molecule has 1 heterocycles. The van der Waals surface area contributed by atoms with Crippen molar-refractivity contribution in [2.45, 2.75) is 45.1 Å². The Hall–Kier alpha value is -1.35. The molecule has 3 nitrogen and oxygen atoms in total. The minimum absolute atomic E-state index is 0.691. The van der Waals surface area contributed by atoms with Gasteiger partial charge in [0.1, 0.15) is 12.0 Å². The number of ether oxygens (including phenoxy) is 1. The van der Waals surface area contributed by atoms with E-state index in [1.165, 1.54) is 38.8 Å². The van der Waals surface area contributed by atoms with Crippen LogP contribution in [-0.4, -0.2) is 36.9 Å². The van der Waals surface area contributed by atoms with Gasteiger partial charge in [0.15, 0.2) is 0 Å².